The van der Waals surface area contributed by atoms with Crippen LogP contribution >= 0.6 is 0 Å². The first-order valence-corrected chi connectivity index (χ1v) is 4.26. The number of ether oxygens (including phenoxy) is 1. The van der Waals surface area contributed by atoms with Crippen LogP contribution in [0.2, 0.25) is 0 Å². The summed E-state index contributed by atoms with van der Waals surface area (Å²) in [6.45, 7) is 2.60. The molecule has 74 valence electrons. The Kier molecular flexibility index (Phi) is 3.00. The molecule has 0 saturated heterocycles. The molecule has 0 bridgehead atoms. The number of H-pyrrole nitrogens is 1. The summed E-state index contributed by atoms with van der Waals surface area (Å²) in [7, 11) is 1.42. The van der Waals surface area contributed by atoms with Crippen LogP contribution in [0.3, 0.4) is 0 Å². The van der Waals surface area contributed by atoms with E-state index in [4.69, 9.17) is 4.74 Å². The highest BCUT2D eigenvalue weighted by Crippen LogP contribution is 2.20. The number of hydrogen-bond donors (Lipinski definition) is 2. The summed E-state index contributed by atoms with van der Waals surface area (Å²) in [4.78, 5) is 13.5. The molecule has 0 unspecified atom stereocenters. The van der Waals surface area contributed by atoms with E-state index in [1.807, 2.05) is 6.92 Å². The van der Waals surface area contributed by atoms with Gasteiger partial charge in [0, 0.05) is 6.54 Å². The van der Waals surface area contributed by atoms with Gasteiger partial charge in [-0.05, 0) is 6.42 Å². The molecule has 1 heterocycles. The number of hydrogen-bond acceptors (Lipinski definition) is 3. The van der Waals surface area contributed by atoms with E-state index in [2.05, 4.69) is 4.98 Å². The lowest BCUT2D eigenvalue weighted by atomic mass is 10.3. The second kappa shape index (κ2) is 4.02. The van der Waals surface area contributed by atoms with Gasteiger partial charge in [-0.15, -0.1) is 0 Å². The van der Waals surface area contributed by atoms with E-state index in [-0.39, 0.29) is 17.4 Å². The number of nitrogens with zero attached hydrogens (tertiary/aromatic N) is 1. The molecule has 0 aliphatic carbocycles. The molecular weight excluding hydrogens is 172 g/mol. The molecule has 5 heteroatoms. The molecule has 0 amide bonds. The second-order valence-electron chi connectivity index (χ2n) is 2.79. The SMILES string of the molecule is CCCCn1c(OC)c(O)[nH]c1=O. The van der Waals surface area contributed by atoms with Crippen molar-refractivity contribution < 1.29 is 9.84 Å². The Morgan fingerprint density at radius 3 is 2.85 bits per heavy atom. The molecule has 2 N–H and O–H groups in total. The maximum atomic E-state index is 11.2. The third kappa shape index (κ3) is 1.85. The number of nitrogens with one attached hydrogen (secondary N) is 1. The largest absolute Gasteiger partial charge is 0.491 e. The zero-order chi connectivity index (χ0) is 9.84. The Balaban J connectivity index is 2.96. The topological polar surface area (TPSA) is 67.2 Å². The maximum Gasteiger partial charge on any atom is 0.331 e. The van der Waals surface area contributed by atoms with Crippen molar-refractivity contribution >= 4 is 0 Å². The fourth-order valence-electron chi connectivity index (χ4n) is 1.17. The molecule has 0 saturated carbocycles. The lowest BCUT2D eigenvalue weighted by Gasteiger charge is -2.03. The molecule has 0 aromatic carbocycles. The number of aromatic hydroxyl groups is 1. The number of methoxy groups -OCH3 is 1. The number of aromatic amines is 1. The second-order valence-corrected chi connectivity index (χ2v) is 2.79. The van der Waals surface area contributed by atoms with Crippen LogP contribution < -0.4 is 10.4 Å². The van der Waals surface area contributed by atoms with E-state index in [1.54, 1.807) is 0 Å². The summed E-state index contributed by atoms with van der Waals surface area (Å²) in [5.74, 6) is 0.00190. The number of imidazole rings is 1. The summed E-state index contributed by atoms with van der Waals surface area (Å²) >= 11 is 0. The Labute approximate surface area is 76.0 Å². The molecule has 0 aliphatic heterocycles. The van der Waals surface area contributed by atoms with Crippen LogP contribution in [0.15, 0.2) is 4.79 Å². The number of unbranched alkanes of at least 4 members (excludes halogenated alkanes) is 1. The molecule has 1 aromatic heterocycles. The Hall–Kier alpha value is -1.39. The van der Waals surface area contributed by atoms with E-state index in [1.165, 1.54) is 11.7 Å². The van der Waals surface area contributed by atoms with Crippen LogP contribution in [-0.4, -0.2) is 21.8 Å². The third-order valence-electron chi connectivity index (χ3n) is 1.85. The van der Waals surface area contributed by atoms with Crippen molar-refractivity contribution in [2.24, 2.45) is 0 Å². The van der Waals surface area contributed by atoms with Gasteiger partial charge in [-0.3, -0.25) is 9.55 Å². The summed E-state index contributed by atoms with van der Waals surface area (Å²) in [6.07, 6.45) is 1.87. The predicted octanol–water partition coefficient (Wildman–Crippen LogP) is 0.691. The minimum absolute atomic E-state index is 0.205. The molecular formula is C8H14N2O3. The highest BCUT2D eigenvalue weighted by molar-refractivity contribution is 5.24. The molecule has 0 fully saturated rings. The van der Waals surface area contributed by atoms with Crippen molar-refractivity contribution in [3.8, 4) is 11.8 Å². The van der Waals surface area contributed by atoms with E-state index in [0.717, 1.165) is 12.8 Å². The first kappa shape index (κ1) is 9.70. The van der Waals surface area contributed by atoms with Crippen LogP contribution in [-0.2, 0) is 6.54 Å². The van der Waals surface area contributed by atoms with Crippen molar-refractivity contribution in [3.05, 3.63) is 10.5 Å². The van der Waals surface area contributed by atoms with Gasteiger partial charge < -0.3 is 9.84 Å². The first-order valence-electron chi connectivity index (χ1n) is 4.26. The molecule has 0 atom stereocenters. The minimum atomic E-state index is -0.331. The zero-order valence-electron chi connectivity index (χ0n) is 7.83. The van der Waals surface area contributed by atoms with E-state index in [0.29, 0.717) is 6.54 Å². The summed E-state index contributed by atoms with van der Waals surface area (Å²) in [5, 5.41) is 9.21. The van der Waals surface area contributed by atoms with Crippen molar-refractivity contribution in [2.75, 3.05) is 7.11 Å². The normalized spacial score (nSPS) is 10.3. The number of aromatic nitrogens is 2. The van der Waals surface area contributed by atoms with Gasteiger partial charge in [0.1, 0.15) is 0 Å². The minimum Gasteiger partial charge on any atom is -0.491 e. The van der Waals surface area contributed by atoms with Gasteiger partial charge in [0.05, 0.1) is 7.11 Å². The molecule has 5 nitrogen and oxygen atoms in total. The van der Waals surface area contributed by atoms with E-state index < -0.39 is 0 Å². The van der Waals surface area contributed by atoms with Crippen molar-refractivity contribution in [1.82, 2.24) is 9.55 Å². The van der Waals surface area contributed by atoms with Gasteiger partial charge in [-0.2, -0.15) is 0 Å². The molecule has 0 aliphatic rings. The molecule has 1 aromatic rings. The summed E-state index contributed by atoms with van der Waals surface area (Å²) < 4.78 is 6.26. The lowest BCUT2D eigenvalue weighted by Crippen LogP contribution is -2.17. The van der Waals surface area contributed by atoms with Gasteiger partial charge in [-0.1, -0.05) is 13.3 Å². The van der Waals surface area contributed by atoms with Gasteiger partial charge in [0.2, 0.25) is 0 Å². The molecule has 13 heavy (non-hydrogen) atoms. The zero-order valence-corrected chi connectivity index (χ0v) is 7.83. The summed E-state index contributed by atoms with van der Waals surface area (Å²) in [6, 6.07) is 0. The van der Waals surface area contributed by atoms with Crippen molar-refractivity contribution in [1.29, 1.82) is 0 Å². The van der Waals surface area contributed by atoms with Crippen LogP contribution in [0.25, 0.3) is 0 Å². The smallest absolute Gasteiger partial charge is 0.331 e. The first-order chi connectivity index (χ1) is 6.20. The quantitative estimate of drug-likeness (QED) is 0.727. The average molecular weight is 186 g/mol. The van der Waals surface area contributed by atoms with Crippen LogP contribution in [0.4, 0.5) is 0 Å². The predicted molar refractivity (Wildman–Crippen MR) is 48.2 cm³/mol. The van der Waals surface area contributed by atoms with E-state index >= 15 is 0 Å². The molecule has 1 rings (SSSR count). The third-order valence-corrected chi connectivity index (χ3v) is 1.85. The van der Waals surface area contributed by atoms with Gasteiger partial charge >= 0.3 is 5.69 Å². The van der Waals surface area contributed by atoms with Crippen molar-refractivity contribution in [2.45, 2.75) is 26.3 Å². The highest BCUT2D eigenvalue weighted by Gasteiger charge is 2.12. The highest BCUT2D eigenvalue weighted by atomic mass is 16.5. The van der Waals surface area contributed by atoms with Crippen LogP contribution in [0.5, 0.6) is 11.8 Å². The monoisotopic (exact) mass is 186 g/mol. The number of rotatable bonds is 4. The van der Waals surface area contributed by atoms with Crippen LogP contribution in [0, 0.1) is 0 Å². The Bertz CT molecular complexity index is 327. The molecule has 0 spiro atoms. The lowest BCUT2D eigenvalue weighted by molar-refractivity contribution is 0.336. The van der Waals surface area contributed by atoms with E-state index in [9.17, 15) is 9.90 Å². The Morgan fingerprint density at radius 1 is 1.62 bits per heavy atom. The van der Waals surface area contributed by atoms with Crippen molar-refractivity contribution in [3.63, 3.8) is 0 Å². The standard InChI is InChI=1S/C8H14N2O3/c1-3-4-5-10-7(13-2)6(11)9-8(10)12/h11H,3-5H2,1-2H3,(H,9,12). The van der Waals surface area contributed by atoms with Gasteiger partial charge in [0.25, 0.3) is 11.8 Å². The average Bonchev–Trinajstić information content (AvgIpc) is 2.37. The van der Waals surface area contributed by atoms with Gasteiger partial charge in [-0.25, -0.2) is 4.79 Å². The summed E-state index contributed by atoms with van der Waals surface area (Å²) in [5.41, 5.74) is -0.331. The Morgan fingerprint density at radius 2 is 2.31 bits per heavy atom. The van der Waals surface area contributed by atoms with Gasteiger partial charge in [0.15, 0.2) is 0 Å². The van der Waals surface area contributed by atoms with Crippen LogP contribution in [0.1, 0.15) is 19.8 Å². The fourth-order valence-corrected chi connectivity index (χ4v) is 1.17. The fraction of sp³-hybridized carbons (Fsp3) is 0.625. The maximum absolute atomic E-state index is 11.2. The molecule has 0 radical (unpaired) electrons.